The van der Waals surface area contributed by atoms with E-state index < -0.39 is 10.0 Å². The molecule has 4 rings (SSSR count). The Kier molecular flexibility index (Phi) is 10.2. The van der Waals surface area contributed by atoms with Gasteiger partial charge in [-0.25, -0.2) is 22.7 Å². The van der Waals surface area contributed by atoms with Crippen molar-refractivity contribution in [1.82, 2.24) is 24.5 Å². The number of hydrogen-bond donors (Lipinski definition) is 2. The fraction of sp³-hybridized carbons (Fsp3) is 0.593. The van der Waals surface area contributed by atoms with Crippen LogP contribution in [0.2, 0.25) is 10.0 Å². The summed E-state index contributed by atoms with van der Waals surface area (Å²) in [6, 6.07) is 3.22. The number of nitrogens with one attached hydrogen (secondary N) is 2. The molecule has 40 heavy (non-hydrogen) atoms. The Hall–Kier alpha value is -2.18. The lowest BCUT2D eigenvalue weighted by Crippen LogP contribution is -2.43. The lowest BCUT2D eigenvalue weighted by molar-refractivity contribution is 0.0916. The third-order valence-corrected chi connectivity index (χ3v) is 9.91. The molecule has 220 valence electrons. The minimum Gasteiger partial charge on any atom is -0.495 e. The summed E-state index contributed by atoms with van der Waals surface area (Å²) in [5, 5.41) is 6.92. The molecule has 2 aromatic rings. The summed E-state index contributed by atoms with van der Waals surface area (Å²) in [6.07, 6.45) is 8.76. The van der Waals surface area contributed by atoms with Crippen molar-refractivity contribution in [3.8, 4) is 5.75 Å². The van der Waals surface area contributed by atoms with Crippen molar-refractivity contribution in [2.45, 2.75) is 57.0 Å². The second-order valence-electron chi connectivity index (χ2n) is 10.8. The summed E-state index contributed by atoms with van der Waals surface area (Å²) in [5.74, 6) is 0.553. The molecule has 2 fully saturated rings. The maximum Gasteiger partial charge on any atom is 0.253 e. The van der Waals surface area contributed by atoms with Gasteiger partial charge in [0.25, 0.3) is 5.91 Å². The van der Waals surface area contributed by atoms with Crippen LogP contribution in [0, 0.1) is 5.92 Å². The minimum absolute atomic E-state index is 0.0834. The van der Waals surface area contributed by atoms with Crippen molar-refractivity contribution in [3.05, 3.63) is 39.6 Å². The number of hydrogen-bond acceptors (Lipinski definition) is 8. The van der Waals surface area contributed by atoms with E-state index in [1.807, 2.05) is 0 Å². The van der Waals surface area contributed by atoms with Gasteiger partial charge in [0.2, 0.25) is 16.0 Å². The maximum absolute atomic E-state index is 13.0. The molecule has 0 spiro atoms. The first-order valence-electron chi connectivity index (χ1n) is 13.5. The van der Waals surface area contributed by atoms with Crippen molar-refractivity contribution >= 4 is 50.8 Å². The van der Waals surface area contributed by atoms with Crippen LogP contribution in [-0.2, 0) is 16.4 Å². The average Bonchev–Trinajstić information content (AvgIpc) is 2.91. The third-order valence-electron chi connectivity index (χ3n) is 7.97. The van der Waals surface area contributed by atoms with Gasteiger partial charge in [-0.05, 0) is 70.3 Å². The molecule has 1 aromatic heterocycles. The number of likely N-dealkylation sites (tertiary alicyclic amines) is 1. The van der Waals surface area contributed by atoms with Crippen LogP contribution in [0.25, 0.3) is 0 Å². The molecule has 10 nitrogen and oxygen atoms in total. The predicted octanol–water partition coefficient (Wildman–Crippen LogP) is 4.35. The topological polar surface area (TPSA) is 117 Å². The Morgan fingerprint density at radius 1 is 1.15 bits per heavy atom. The smallest absolute Gasteiger partial charge is 0.253 e. The van der Waals surface area contributed by atoms with Gasteiger partial charge in [-0.2, -0.15) is 0 Å². The van der Waals surface area contributed by atoms with Crippen LogP contribution < -0.4 is 15.4 Å². The fourth-order valence-electron chi connectivity index (χ4n) is 5.54. The lowest BCUT2D eigenvalue weighted by atomic mass is 9.81. The molecule has 1 aliphatic carbocycles. The van der Waals surface area contributed by atoms with Crippen LogP contribution in [0.15, 0.2) is 18.3 Å². The molecule has 0 unspecified atom stereocenters. The van der Waals surface area contributed by atoms with E-state index in [2.05, 4.69) is 32.5 Å². The zero-order valence-electron chi connectivity index (χ0n) is 23.4. The van der Waals surface area contributed by atoms with Gasteiger partial charge in [-0.3, -0.25) is 4.79 Å². The number of nitrogens with zero attached hydrogens (tertiary/aromatic N) is 4. The summed E-state index contributed by atoms with van der Waals surface area (Å²) in [5.41, 5.74) is 1.47. The number of methoxy groups -OCH3 is 1. The van der Waals surface area contributed by atoms with Crippen LogP contribution >= 0.6 is 23.2 Å². The molecule has 1 aliphatic heterocycles. The molecule has 1 aromatic carbocycles. The molecule has 13 heteroatoms. The fourth-order valence-corrected chi connectivity index (χ4v) is 6.72. The molecule has 2 aliphatic rings. The van der Waals surface area contributed by atoms with Crippen LogP contribution in [0.4, 0.5) is 11.6 Å². The first-order chi connectivity index (χ1) is 19.0. The van der Waals surface area contributed by atoms with Crippen molar-refractivity contribution in [2.24, 2.45) is 5.92 Å². The monoisotopic (exact) mass is 612 g/mol. The predicted molar refractivity (Wildman–Crippen MR) is 158 cm³/mol. The number of carbonyl (C=O) groups excluding carboxylic acids is 1. The van der Waals surface area contributed by atoms with E-state index in [4.69, 9.17) is 27.9 Å². The van der Waals surface area contributed by atoms with E-state index in [9.17, 15) is 13.2 Å². The molecule has 1 saturated carbocycles. The number of rotatable bonds is 9. The Morgan fingerprint density at radius 3 is 2.52 bits per heavy atom. The van der Waals surface area contributed by atoms with E-state index >= 15 is 0 Å². The van der Waals surface area contributed by atoms with Crippen LogP contribution in [-0.4, -0.2) is 86.1 Å². The number of amides is 1. The average molecular weight is 614 g/mol. The summed E-state index contributed by atoms with van der Waals surface area (Å²) >= 11 is 13.0. The second kappa shape index (κ2) is 13.2. The Morgan fingerprint density at radius 2 is 1.85 bits per heavy atom. The van der Waals surface area contributed by atoms with E-state index in [1.165, 1.54) is 23.9 Å². The molecule has 0 bridgehead atoms. The van der Waals surface area contributed by atoms with E-state index in [1.54, 1.807) is 19.2 Å². The summed E-state index contributed by atoms with van der Waals surface area (Å²) in [4.78, 5) is 24.2. The quantitative estimate of drug-likeness (QED) is 0.429. The van der Waals surface area contributed by atoms with Crippen molar-refractivity contribution < 1.29 is 17.9 Å². The molecular weight excluding hydrogens is 575 g/mol. The molecule has 0 radical (unpaired) electrons. The van der Waals surface area contributed by atoms with Gasteiger partial charge >= 0.3 is 0 Å². The maximum atomic E-state index is 13.0. The first kappa shape index (κ1) is 30.8. The summed E-state index contributed by atoms with van der Waals surface area (Å²) < 4.78 is 31.5. The van der Waals surface area contributed by atoms with Gasteiger partial charge in [0.05, 0.1) is 46.6 Å². The Labute approximate surface area is 246 Å². The molecule has 2 heterocycles. The standard InChI is InChI=1S/C27H38Cl2N6O4S/c1-34-11-9-18(10-12-34)31-26(36)19-14-25(39-3)23(15-20(19)28)33-27-30-16-21(29)22(32-27)13-17-7-5-6-8-24(17)35(2)40(4,37)38/h14-18,24H,5-13H2,1-4H3,(H,31,36)(H,30,32,33)/t17-,24+/m0/s1. The van der Waals surface area contributed by atoms with E-state index in [-0.39, 0.29) is 28.9 Å². The van der Waals surface area contributed by atoms with Crippen LogP contribution in [0.1, 0.15) is 54.6 Å². The number of piperidine rings is 1. The van der Waals surface area contributed by atoms with Gasteiger partial charge in [0.15, 0.2) is 0 Å². The van der Waals surface area contributed by atoms with Crippen molar-refractivity contribution in [1.29, 1.82) is 0 Å². The van der Waals surface area contributed by atoms with Crippen molar-refractivity contribution in [3.63, 3.8) is 0 Å². The van der Waals surface area contributed by atoms with Gasteiger partial charge in [0.1, 0.15) is 5.75 Å². The highest BCUT2D eigenvalue weighted by Crippen LogP contribution is 2.35. The largest absolute Gasteiger partial charge is 0.495 e. The number of sulfonamides is 1. The zero-order valence-corrected chi connectivity index (χ0v) is 25.7. The van der Waals surface area contributed by atoms with E-state index in [0.29, 0.717) is 40.1 Å². The number of benzene rings is 1. The molecule has 1 amide bonds. The SMILES string of the molecule is COc1cc(C(=O)NC2CCN(C)CC2)c(Cl)cc1Nc1ncc(Cl)c(C[C@@H]2CCCC[C@H]2N(C)S(C)(=O)=O)n1. The summed E-state index contributed by atoms with van der Waals surface area (Å²) in [7, 11) is 1.91. The highest BCUT2D eigenvalue weighted by atomic mass is 35.5. The van der Waals surface area contributed by atoms with Crippen molar-refractivity contribution in [2.75, 3.05) is 45.9 Å². The van der Waals surface area contributed by atoms with Crippen LogP contribution in [0.5, 0.6) is 5.75 Å². The third kappa shape index (κ3) is 7.55. The lowest BCUT2D eigenvalue weighted by Gasteiger charge is -2.36. The number of anilines is 2. The second-order valence-corrected chi connectivity index (χ2v) is 13.6. The zero-order chi connectivity index (χ0) is 29.0. The molecular formula is C27H38Cl2N6O4S. The summed E-state index contributed by atoms with van der Waals surface area (Å²) in [6.45, 7) is 1.87. The van der Waals surface area contributed by atoms with Gasteiger partial charge in [-0.1, -0.05) is 36.0 Å². The Bertz CT molecular complexity index is 1320. The molecule has 2 N–H and O–H groups in total. The molecule has 1 saturated heterocycles. The van der Waals surface area contributed by atoms with E-state index in [0.717, 1.165) is 51.6 Å². The van der Waals surface area contributed by atoms with Gasteiger partial charge in [-0.15, -0.1) is 0 Å². The minimum atomic E-state index is -3.32. The number of carbonyl (C=O) groups is 1. The highest BCUT2D eigenvalue weighted by Gasteiger charge is 2.33. The molecule has 2 atom stereocenters. The Balaban J connectivity index is 1.51. The first-order valence-corrected chi connectivity index (χ1v) is 16.1. The van der Waals surface area contributed by atoms with Crippen LogP contribution in [0.3, 0.4) is 0 Å². The number of halogens is 2. The van der Waals surface area contributed by atoms with Gasteiger partial charge in [0, 0.05) is 19.1 Å². The number of aromatic nitrogens is 2. The number of ether oxygens (including phenoxy) is 1. The highest BCUT2D eigenvalue weighted by molar-refractivity contribution is 7.88. The normalized spacial score (nSPS) is 20.9. The van der Waals surface area contributed by atoms with Gasteiger partial charge < -0.3 is 20.3 Å².